The first-order chi connectivity index (χ1) is 11.5. The van der Waals surface area contributed by atoms with E-state index in [-0.39, 0.29) is 36.2 Å². The van der Waals surface area contributed by atoms with Gasteiger partial charge in [0.15, 0.2) is 0 Å². The molecule has 0 atom stereocenters. The molecule has 1 aliphatic heterocycles. The standard InChI is InChI=1S/C17H21N3O3S.ClH/c21-17(19-12-13-10-18-11-13)7-8-20-24(22,23)16-6-5-14-3-1-2-4-15(14)9-16;/h1-6,9,13,18,20H,7-8,10-12H2,(H,19,21);1H. The maximum absolute atomic E-state index is 12.3. The summed E-state index contributed by atoms with van der Waals surface area (Å²) < 4.78 is 27.1. The molecule has 25 heavy (non-hydrogen) atoms. The highest BCUT2D eigenvalue weighted by atomic mass is 35.5. The Morgan fingerprint density at radius 1 is 1.12 bits per heavy atom. The van der Waals surface area contributed by atoms with Crippen LogP contribution in [0.2, 0.25) is 0 Å². The second kappa shape index (κ2) is 8.62. The minimum Gasteiger partial charge on any atom is -0.356 e. The molecular weight excluding hydrogens is 362 g/mol. The van der Waals surface area contributed by atoms with Crippen molar-refractivity contribution in [2.24, 2.45) is 5.92 Å². The number of rotatable bonds is 7. The van der Waals surface area contributed by atoms with E-state index < -0.39 is 10.0 Å². The molecule has 0 bridgehead atoms. The number of halogens is 1. The maximum Gasteiger partial charge on any atom is 0.240 e. The molecule has 1 fully saturated rings. The third-order valence-electron chi connectivity index (χ3n) is 4.13. The van der Waals surface area contributed by atoms with Gasteiger partial charge in [0.25, 0.3) is 0 Å². The molecule has 0 aromatic heterocycles. The molecule has 0 spiro atoms. The molecule has 2 aromatic rings. The molecule has 1 amide bonds. The van der Waals surface area contributed by atoms with E-state index >= 15 is 0 Å². The zero-order valence-corrected chi connectivity index (χ0v) is 15.3. The van der Waals surface area contributed by atoms with E-state index in [1.165, 1.54) is 0 Å². The van der Waals surface area contributed by atoms with Crippen LogP contribution in [0.1, 0.15) is 6.42 Å². The van der Waals surface area contributed by atoms with E-state index in [1.807, 2.05) is 24.3 Å². The lowest BCUT2D eigenvalue weighted by Crippen LogP contribution is -2.48. The summed E-state index contributed by atoms with van der Waals surface area (Å²) in [6.45, 7) is 2.58. The minimum absolute atomic E-state index is 0. The highest BCUT2D eigenvalue weighted by Gasteiger charge is 2.18. The third kappa shape index (κ3) is 5.15. The Bertz CT molecular complexity index is 838. The molecule has 2 aromatic carbocycles. The summed E-state index contributed by atoms with van der Waals surface area (Å²) in [4.78, 5) is 11.9. The largest absolute Gasteiger partial charge is 0.356 e. The number of amides is 1. The van der Waals surface area contributed by atoms with Gasteiger partial charge in [-0.1, -0.05) is 30.3 Å². The Labute approximate surface area is 153 Å². The topological polar surface area (TPSA) is 87.3 Å². The number of benzene rings is 2. The Morgan fingerprint density at radius 2 is 1.84 bits per heavy atom. The Hall–Kier alpha value is -1.67. The van der Waals surface area contributed by atoms with E-state index in [0.717, 1.165) is 23.9 Å². The van der Waals surface area contributed by atoms with Gasteiger partial charge in [0.2, 0.25) is 15.9 Å². The van der Waals surface area contributed by atoms with Crippen molar-refractivity contribution in [2.75, 3.05) is 26.2 Å². The second-order valence-electron chi connectivity index (χ2n) is 5.99. The molecule has 3 rings (SSSR count). The van der Waals surface area contributed by atoms with Crippen LogP contribution in [0, 0.1) is 5.92 Å². The molecule has 3 N–H and O–H groups in total. The van der Waals surface area contributed by atoms with E-state index in [9.17, 15) is 13.2 Å². The number of sulfonamides is 1. The molecule has 0 aliphatic carbocycles. The fraction of sp³-hybridized carbons (Fsp3) is 0.353. The molecular formula is C17H22ClN3O3S. The van der Waals surface area contributed by atoms with E-state index in [2.05, 4.69) is 15.4 Å². The average molecular weight is 384 g/mol. The van der Waals surface area contributed by atoms with Crippen LogP contribution in [0.25, 0.3) is 10.8 Å². The molecule has 0 radical (unpaired) electrons. The normalized spacial score (nSPS) is 14.6. The fourth-order valence-corrected chi connectivity index (χ4v) is 3.62. The molecule has 1 aliphatic rings. The first kappa shape index (κ1) is 19.7. The molecule has 0 unspecified atom stereocenters. The monoisotopic (exact) mass is 383 g/mol. The van der Waals surface area contributed by atoms with Gasteiger partial charge >= 0.3 is 0 Å². The Morgan fingerprint density at radius 3 is 2.52 bits per heavy atom. The number of hydrogen-bond acceptors (Lipinski definition) is 4. The number of fused-ring (bicyclic) bond motifs is 1. The zero-order valence-electron chi connectivity index (χ0n) is 13.7. The van der Waals surface area contributed by atoms with Crippen molar-refractivity contribution in [1.29, 1.82) is 0 Å². The van der Waals surface area contributed by atoms with E-state index in [4.69, 9.17) is 0 Å². The lowest BCUT2D eigenvalue weighted by Gasteiger charge is -2.27. The maximum atomic E-state index is 12.3. The van der Waals surface area contributed by atoms with Gasteiger partial charge in [0, 0.05) is 38.5 Å². The SMILES string of the molecule is Cl.O=C(CCNS(=O)(=O)c1ccc2ccccc2c1)NCC1CNC1. The number of nitrogens with one attached hydrogen (secondary N) is 3. The van der Waals surface area contributed by atoms with Gasteiger partial charge in [-0.05, 0) is 22.9 Å². The smallest absolute Gasteiger partial charge is 0.240 e. The summed E-state index contributed by atoms with van der Waals surface area (Å²) in [5, 5.41) is 7.81. The lowest BCUT2D eigenvalue weighted by molar-refractivity contribution is -0.121. The minimum atomic E-state index is -3.61. The average Bonchev–Trinajstić information content (AvgIpc) is 2.52. The molecule has 1 heterocycles. The highest BCUT2D eigenvalue weighted by Crippen LogP contribution is 2.18. The molecule has 6 nitrogen and oxygen atoms in total. The summed E-state index contributed by atoms with van der Waals surface area (Å²) in [5.74, 6) is 0.353. The summed E-state index contributed by atoms with van der Waals surface area (Å²) in [5.41, 5.74) is 0. The van der Waals surface area contributed by atoms with Gasteiger partial charge in [-0.3, -0.25) is 4.79 Å². The van der Waals surface area contributed by atoms with E-state index in [0.29, 0.717) is 12.5 Å². The van der Waals surface area contributed by atoms with Gasteiger partial charge in [-0.25, -0.2) is 13.1 Å². The van der Waals surface area contributed by atoms with Gasteiger partial charge in [-0.2, -0.15) is 0 Å². The fourth-order valence-electron chi connectivity index (χ4n) is 2.56. The third-order valence-corrected chi connectivity index (χ3v) is 5.59. The van der Waals surface area contributed by atoms with Crippen molar-refractivity contribution in [1.82, 2.24) is 15.4 Å². The van der Waals surface area contributed by atoms with Crippen LogP contribution in [0.5, 0.6) is 0 Å². The molecule has 1 saturated heterocycles. The summed E-state index contributed by atoms with van der Waals surface area (Å²) in [6.07, 6.45) is 0.132. The first-order valence-corrected chi connectivity index (χ1v) is 9.49. The van der Waals surface area contributed by atoms with Crippen molar-refractivity contribution in [3.63, 3.8) is 0 Å². The molecule has 0 saturated carbocycles. The van der Waals surface area contributed by atoms with Gasteiger partial charge < -0.3 is 10.6 Å². The summed E-state index contributed by atoms with van der Waals surface area (Å²) >= 11 is 0. The number of carbonyl (C=O) groups excluding carboxylic acids is 1. The van der Waals surface area contributed by atoms with Crippen molar-refractivity contribution in [2.45, 2.75) is 11.3 Å². The van der Waals surface area contributed by atoms with E-state index in [1.54, 1.807) is 18.2 Å². The predicted molar refractivity (Wildman–Crippen MR) is 100 cm³/mol. The first-order valence-electron chi connectivity index (χ1n) is 8.00. The van der Waals surface area contributed by atoms with Crippen LogP contribution in [0.15, 0.2) is 47.4 Å². The molecule has 136 valence electrons. The van der Waals surface area contributed by atoms with Crippen LogP contribution in [0.4, 0.5) is 0 Å². The zero-order chi connectivity index (χ0) is 17.0. The highest BCUT2D eigenvalue weighted by molar-refractivity contribution is 7.89. The molecule has 8 heteroatoms. The van der Waals surface area contributed by atoms with Gasteiger partial charge in [0.1, 0.15) is 0 Å². The second-order valence-corrected chi connectivity index (χ2v) is 7.75. The Kier molecular flexibility index (Phi) is 6.78. The van der Waals surface area contributed by atoms with Crippen molar-refractivity contribution < 1.29 is 13.2 Å². The van der Waals surface area contributed by atoms with Crippen LogP contribution in [-0.4, -0.2) is 40.5 Å². The number of carbonyl (C=O) groups is 1. The lowest BCUT2D eigenvalue weighted by atomic mass is 10.0. The Balaban J connectivity index is 0.00000225. The van der Waals surface area contributed by atoms with Crippen LogP contribution in [0.3, 0.4) is 0 Å². The predicted octanol–water partition coefficient (Wildman–Crippen LogP) is 1.27. The summed E-state index contributed by atoms with van der Waals surface area (Å²) in [6, 6.07) is 12.6. The van der Waals surface area contributed by atoms with Crippen molar-refractivity contribution in [3.05, 3.63) is 42.5 Å². The van der Waals surface area contributed by atoms with Crippen LogP contribution < -0.4 is 15.4 Å². The van der Waals surface area contributed by atoms with Crippen LogP contribution >= 0.6 is 12.4 Å². The summed E-state index contributed by atoms with van der Waals surface area (Å²) in [7, 11) is -3.61. The van der Waals surface area contributed by atoms with Crippen LogP contribution in [-0.2, 0) is 14.8 Å². The van der Waals surface area contributed by atoms with Gasteiger partial charge in [-0.15, -0.1) is 12.4 Å². The van der Waals surface area contributed by atoms with Crippen molar-refractivity contribution >= 4 is 39.1 Å². The number of hydrogen-bond donors (Lipinski definition) is 3. The van der Waals surface area contributed by atoms with Crippen molar-refractivity contribution in [3.8, 4) is 0 Å². The van der Waals surface area contributed by atoms with Gasteiger partial charge in [0.05, 0.1) is 4.90 Å². The quantitative estimate of drug-likeness (QED) is 0.671.